The second-order valence-electron chi connectivity index (χ2n) is 4.08. The summed E-state index contributed by atoms with van der Waals surface area (Å²) in [5, 5.41) is 0. The number of hydrogen-bond donors (Lipinski definition) is 0. The van der Waals surface area contributed by atoms with Gasteiger partial charge in [-0.05, 0) is 42.3 Å². The molecule has 92 valence electrons. The Morgan fingerprint density at radius 1 is 0.895 bits per heavy atom. The van der Waals surface area contributed by atoms with Crippen molar-refractivity contribution in [3.63, 3.8) is 0 Å². The van der Waals surface area contributed by atoms with Gasteiger partial charge in [-0.2, -0.15) is 0 Å². The molecule has 2 aromatic rings. The molecule has 0 radical (unpaired) electrons. The highest BCUT2D eigenvalue weighted by Gasteiger charge is 1.93. The minimum absolute atomic E-state index is 1.04. The first-order valence-electron chi connectivity index (χ1n) is 6.35. The van der Waals surface area contributed by atoms with Crippen LogP contribution >= 0.6 is 0 Å². The molecular formula is C19H16. The average molecular weight is 244 g/mol. The average Bonchev–Trinajstić information content (AvgIpc) is 2.49. The fourth-order valence-electron chi connectivity index (χ4n) is 1.77. The summed E-state index contributed by atoms with van der Waals surface area (Å²) >= 11 is 0. The first kappa shape index (κ1) is 12.9. The molecule has 0 spiro atoms. The number of benzene rings is 2. The third-order valence-corrected chi connectivity index (χ3v) is 2.75. The first-order chi connectivity index (χ1) is 9.40. The highest BCUT2D eigenvalue weighted by Crippen LogP contribution is 2.14. The molecule has 0 saturated heterocycles. The molecule has 2 aromatic carbocycles. The van der Waals surface area contributed by atoms with Crippen molar-refractivity contribution < 1.29 is 0 Å². The molecule has 0 N–H and O–H groups in total. The van der Waals surface area contributed by atoms with E-state index in [9.17, 15) is 0 Å². The van der Waals surface area contributed by atoms with Gasteiger partial charge in [-0.25, -0.2) is 0 Å². The van der Waals surface area contributed by atoms with Crippen molar-refractivity contribution in [2.75, 3.05) is 0 Å². The van der Waals surface area contributed by atoms with Gasteiger partial charge in [-0.3, -0.25) is 0 Å². The molecule has 0 bridgehead atoms. The zero-order valence-electron chi connectivity index (χ0n) is 11.0. The van der Waals surface area contributed by atoms with Crippen LogP contribution in [-0.2, 0) is 0 Å². The van der Waals surface area contributed by atoms with E-state index in [1.807, 2.05) is 67.6 Å². The van der Waals surface area contributed by atoms with Gasteiger partial charge in [0.1, 0.15) is 0 Å². The summed E-state index contributed by atoms with van der Waals surface area (Å²) in [5.74, 6) is 6.18. The van der Waals surface area contributed by atoms with Crippen LogP contribution in [0.2, 0.25) is 0 Å². The summed E-state index contributed by atoms with van der Waals surface area (Å²) < 4.78 is 0. The minimum Gasteiger partial charge on any atom is -0.0798 e. The molecule has 0 heteroatoms. The zero-order chi connectivity index (χ0) is 13.3. The van der Waals surface area contributed by atoms with Gasteiger partial charge in [0.15, 0.2) is 0 Å². The van der Waals surface area contributed by atoms with E-state index in [4.69, 9.17) is 0 Å². The smallest absolute Gasteiger partial charge is 0.0248 e. The van der Waals surface area contributed by atoms with Gasteiger partial charge in [0, 0.05) is 5.56 Å². The quantitative estimate of drug-likeness (QED) is 0.530. The second-order valence-corrected chi connectivity index (χ2v) is 4.08. The Balaban J connectivity index is 2.09. The maximum atomic E-state index is 3.11. The Bertz CT molecular complexity index is 620. The largest absolute Gasteiger partial charge is 0.0798 e. The Labute approximate surface area is 115 Å². The molecule has 0 fully saturated rings. The van der Waals surface area contributed by atoms with Crippen LogP contribution in [0.5, 0.6) is 0 Å². The van der Waals surface area contributed by atoms with Gasteiger partial charge in [-0.1, -0.05) is 66.4 Å². The predicted octanol–water partition coefficient (Wildman–Crippen LogP) is 4.70. The third kappa shape index (κ3) is 4.01. The Hall–Kier alpha value is -2.52. The molecule has 0 atom stereocenters. The van der Waals surface area contributed by atoms with E-state index in [0.29, 0.717) is 0 Å². The lowest BCUT2D eigenvalue weighted by molar-refractivity contribution is 1.60. The molecule has 0 aliphatic carbocycles. The molecule has 0 heterocycles. The van der Waals surface area contributed by atoms with Crippen molar-refractivity contribution in [1.82, 2.24) is 0 Å². The highest BCUT2D eigenvalue weighted by atomic mass is 14.0. The molecule has 19 heavy (non-hydrogen) atoms. The third-order valence-electron chi connectivity index (χ3n) is 2.75. The Morgan fingerprint density at radius 2 is 1.53 bits per heavy atom. The molecule has 0 aliphatic heterocycles. The number of rotatable bonds is 2. The van der Waals surface area contributed by atoms with Crippen molar-refractivity contribution in [1.29, 1.82) is 0 Å². The van der Waals surface area contributed by atoms with Crippen LogP contribution in [0, 0.1) is 11.8 Å². The molecule has 0 unspecified atom stereocenters. The molecular weight excluding hydrogens is 228 g/mol. The zero-order valence-corrected chi connectivity index (χ0v) is 11.0. The lowest BCUT2D eigenvalue weighted by Crippen LogP contribution is -1.78. The van der Waals surface area contributed by atoms with Crippen LogP contribution in [0.1, 0.15) is 18.1 Å². The number of hydrogen-bond acceptors (Lipinski definition) is 0. The normalized spacial score (nSPS) is 11.1. The van der Waals surface area contributed by atoms with Crippen LogP contribution in [0.3, 0.4) is 0 Å². The van der Waals surface area contributed by atoms with Crippen LogP contribution in [-0.4, -0.2) is 0 Å². The summed E-state index contributed by atoms with van der Waals surface area (Å²) in [4.78, 5) is 0. The van der Waals surface area contributed by atoms with E-state index >= 15 is 0 Å². The molecule has 0 saturated carbocycles. The summed E-state index contributed by atoms with van der Waals surface area (Å²) in [6.07, 6.45) is 6.04. The molecule has 2 rings (SSSR count). The van der Waals surface area contributed by atoms with Crippen LogP contribution in [0.15, 0.2) is 78.9 Å². The fourth-order valence-corrected chi connectivity index (χ4v) is 1.77. The maximum absolute atomic E-state index is 3.11. The van der Waals surface area contributed by atoms with Crippen molar-refractivity contribution >= 4 is 5.57 Å². The summed E-state index contributed by atoms with van der Waals surface area (Å²) in [6.45, 7) is 2.04. The van der Waals surface area contributed by atoms with Crippen molar-refractivity contribution in [2.24, 2.45) is 0 Å². The van der Waals surface area contributed by atoms with Crippen LogP contribution in [0.4, 0.5) is 0 Å². The van der Waals surface area contributed by atoms with Crippen molar-refractivity contribution in [3.05, 3.63) is 90.0 Å². The van der Waals surface area contributed by atoms with E-state index in [1.165, 1.54) is 11.1 Å². The fraction of sp³-hybridized carbons (Fsp3) is 0.0526. The summed E-state index contributed by atoms with van der Waals surface area (Å²) in [6, 6.07) is 20.3. The first-order valence-corrected chi connectivity index (χ1v) is 6.35. The Kier molecular flexibility index (Phi) is 4.79. The number of allylic oxidation sites excluding steroid dienone is 4. The predicted molar refractivity (Wildman–Crippen MR) is 82.6 cm³/mol. The molecule has 0 aromatic heterocycles. The van der Waals surface area contributed by atoms with E-state index < -0.39 is 0 Å². The van der Waals surface area contributed by atoms with E-state index in [-0.39, 0.29) is 0 Å². The van der Waals surface area contributed by atoms with Crippen LogP contribution < -0.4 is 0 Å². The second kappa shape index (κ2) is 7.03. The van der Waals surface area contributed by atoms with Gasteiger partial charge < -0.3 is 0 Å². The van der Waals surface area contributed by atoms with E-state index in [0.717, 1.165) is 5.56 Å². The molecule has 0 aliphatic rings. The maximum Gasteiger partial charge on any atom is 0.0248 e. The van der Waals surface area contributed by atoms with Gasteiger partial charge in [0.05, 0.1) is 0 Å². The van der Waals surface area contributed by atoms with Gasteiger partial charge >= 0.3 is 0 Å². The van der Waals surface area contributed by atoms with Gasteiger partial charge in [-0.15, -0.1) is 0 Å². The summed E-state index contributed by atoms with van der Waals surface area (Å²) in [5.41, 5.74) is 3.43. The lowest BCUT2D eigenvalue weighted by Gasteiger charge is -1.99. The standard InChI is InChI=1S/C19H16/c1-2-18(19-15-7-4-8-16-19)14-10-9-13-17-11-5-3-6-12-17/h2-8,10-12,14-16H,1H3/b14-10-,18-2-. The summed E-state index contributed by atoms with van der Waals surface area (Å²) in [7, 11) is 0. The molecule has 0 amide bonds. The Morgan fingerprint density at radius 3 is 2.16 bits per heavy atom. The lowest BCUT2D eigenvalue weighted by atomic mass is 10.1. The van der Waals surface area contributed by atoms with E-state index in [1.54, 1.807) is 0 Å². The van der Waals surface area contributed by atoms with Crippen LogP contribution in [0.25, 0.3) is 5.57 Å². The minimum atomic E-state index is 1.04. The van der Waals surface area contributed by atoms with Gasteiger partial charge in [0.25, 0.3) is 0 Å². The van der Waals surface area contributed by atoms with Crippen molar-refractivity contribution in [3.8, 4) is 11.8 Å². The highest BCUT2D eigenvalue weighted by molar-refractivity contribution is 5.74. The molecule has 0 nitrogen and oxygen atoms in total. The topological polar surface area (TPSA) is 0 Å². The SMILES string of the molecule is C/C=C(/C=C\C#Cc1ccccc1)c1ccccc1. The van der Waals surface area contributed by atoms with E-state index in [2.05, 4.69) is 30.0 Å². The monoisotopic (exact) mass is 244 g/mol. The van der Waals surface area contributed by atoms with Gasteiger partial charge in [0.2, 0.25) is 0 Å². The van der Waals surface area contributed by atoms with Crippen molar-refractivity contribution in [2.45, 2.75) is 6.92 Å².